The lowest BCUT2D eigenvalue weighted by molar-refractivity contribution is -0.135. The van der Waals surface area contributed by atoms with Crippen LogP contribution in [0.15, 0.2) is 9.81 Å². The van der Waals surface area contributed by atoms with Crippen molar-refractivity contribution in [3.05, 3.63) is 9.81 Å². The number of likely N-dealkylation sites (N-methyl/N-ethyl adjacent to an activating group) is 1. The molecule has 0 bridgehead atoms. The van der Waals surface area contributed by atoms with Crippen LogP contribution in [-0.2, 0) is 9.59 Å². The van der Waals surface area contributed by atoms with Crippen LogP contribution in [0.3, 0.4) is 0 Å². The largest absolute Gasteiger partial charge is 0.277 e. The predicted molar refractivity (Wildman–Crippen MR) is 91.3 cm³/mol. The molecule has 3 nitrogen and oxygen atoms in total. The molecule has 1 fully saturated rings. The zero-order valence-corrected chi connectivity index (χ0v) is 14.7. The molecule has 5 heteroatoms. The maximum absolute atomic E-state index is 12.2. The number of rotatable bonds is 3. The molecule has 1 aliphatic heterocycles. The molecule has 0 saturated heterocycles. The van der Waals surface area contributed by atoms with E-state index in [0.717, 1.165) is 0 Å². The molecule has 2 aliphatic rings. The van der Waals surface area contributed by atoms with Crippen molar-refractivity contribution in [2.75, 3.05) is 13.3 Å². The maximum Gasteiger partial charge on any atom is 0.268 e. The summed E-state index contributed by atoms with van der Waals surface area (Å²) in [6.45, 7) is 0. The molecule has 118 valence electrons. The summed E-state index contributed by atoms with van der Waals surface area (Å²) >= 11 is 3.07. The van der Waals surface area contributed by atoms with Gasteiger partial charge < -0.3 is 0 Å². The second-order valence-corrected chi connectivity index (χ2v) is 7.95. The molecule has 0 aromatic carbocycles. The van der Waals surface area contributed by atoms with Crippen LogP contribution in [0.4, 0.5) is 0 Å². The number of thioether (sulfide) groups is 2. The number of amides is 2. The minimum Gasteiger partial charge on any atom is -0.277 e. The zero-order valence-electron chi connectivity index (χ0n) is 13.0. The van der Waals surface area contributed by atoms with Gasteiger partial charge in [0.25, 0.3) is 11.8 Å². The van der Waals surface area contributed by atoms with Crippen LogP contribution in [0.25, 0.3) is 0 Å². The topological polar surface area (TPSA) is 37.4 Å². The number of imide groups is 1. The van der Waals surface area contributed by atoms with Gasteiger partial charge in [-0.1, -0.05) is 44.9 Å². The third-order valence-corrected chi connectivity index (χ3v) is 6.58. The fraction of sp³-hybridized carbons (Fsp3) is 0.750. The molecule has 0 spiro atoms. The quantitative estimate of drug-likeness (QED) is 0.729. The lowest BCUT2D eigenvalue weighted by Crippen LogP contribution is -2.26. The molecule has 0 aromatic heterocycles. The number of carbonyl (C=O) groups is 2. The Labute approximate surface area is 136 Å². The van der Waals surface area contributed by atoms with E-state index in [9.17, 15) is 9.59 Å². The molecule has 0 unspecified atom stereocenters. The Bertz CT molecular complexity index is 424. The van der Waals surface area contributed by atoms with Gasteiger partial charge in [-0.3, -0.25) is 14.5 Å². The van der Waals surface area contributed by atoms with Gasteiger partial charge >= 0.3 is 0 Å². The molecule has 1 aliphatic carbocycles. The van der Waals surface area contributed by atoms with Crippen LogP contribution in [0.5, 0.6) is 0 Å². The summed E-state index contributed by atoms with van der Waals surface area (Å²) in [7, 11) is 1.59. The van der Waals surface area contributed by atoms with Crippen molar-refractivity contribution in [1.29, 1.82) is 0 Å². The Morgan fingerprint density at radius 3 is 1.86 bits per heavy atom. The smallest absolute Gasteiger partial charge is 0.268 e. The number of hydrogen-bond donors (Lipinski definition) is 0. The van der Waals surface area contributed by atoms with Crippen molar-refractivity contribution in [2.24, 2.45) is 0 Å². The monoisotopic (exact) mass is 327 g/mol. The van der Waals surface area contributed by atoms with Crippen LogP contribution in [-0.4, -0.2) is 35.3 Å². The van der Waals surface area contributed by atoms with Crippen LogP contribution in [0.2, 0.25) is 0 Å². The molecule has 1 saturated carbocycles. The van der Waals surface area contributed by atoms with Gasteiger partial charge in [0.2, 0.25) is 0 Å². The fourth-order valence-electron chi connectivity index (χ4n) is 2.93. The Morgan fingerprint density at radius 1 is 0.857 bits per heavy atom. The number of hydrogen-bond acceptors (Lipinski definition) is 4. The zero-order chi connectivity index (χ0) is 15.2. The minimum absolute atomic E-state index is 0.105. The van der Waals surface area contributed by atoms with E-state index in [-0.39, 0.29) is 11.8 Å². The molecule has 21 heavy (non-hydrogen) atoms. The highest BCUT2D eigenvalue weighted by Gasteiger charge is 2.36. The normalized spacial score (nSPS) is 23.0. The standard InChI is InChI=1S/C16H25NO2S2/c1-17-15(18)13(20-2)14(16(17)19)21-12-10-8-6-4-3-5-7-9-11-12/h12H,3-11H2,1-2H3. The summed E-state index contributed by atoms with van der Waals surface area (Å²) in [5, 5.41) is 0.489. The first-order valence-corrected chi connectivity index (χ1v) is 10.0. The third kappa shape index (κ3) is 4.28. The highest BCUT2D eigenvalue weighted by molar-refractivity contribution is 8.08. The summed E-state index contributed by atoms with van der Waals surface area (Å²) in [6.07, 6.45) is 13.4. The first kappa shape index (κ1) is 16.9. The predicted octanol–water partition coefficient (Wildman–Crippen LogP) is 4.19. The highest BCUT2D eigenvalue weighted by Crippen LogP contribution is 2.39. The third-order valence-electron chi connectivity index (χ3n) is 4.24. The molecule has 2 rings (SSSR count). The van der Waals surface area contributed by atoms with Crippen molar-refractivity contribution in [3.8, 4) is 0 Å². The van der Waals surface area contributed by atoms with E-state index in [1.165, 1.54) is 74.4 Å². The molecule has 0 N–H and O–H groups in total. The van der Waals surface area contributed by atoms with E-state index in [0.29, 0.717) is 15.1 Å². The van der Waals surface area contributed by atoms with Crippen molar-refractivity contribution in [1.82, 2.24) is 4.90 Å². The SMILES string of the molecule is CSC1=C(SC2CCCCCCCCC2)C(=O)N(C)C1=O. The summed E-state index contributed by atoms with van der Waals surface area (Å²) in [4.78, 5) is 26.9. The van der Waals surface area contributed by atoms with Crippen LogP contribution in [0, 0.1) is 0 Å². The molecule has 0 radical (unpaired) electrons. The first-order valence-electron chi connectivity index (χ1n) is 7.92. The van der Waals surface area contributed by atoms with Gasteiger partial charge in [0, 0.05) is 12.3 Å². The Hall–Kier alpha value is -0.420. The van der Waals surface area contributed by atoms with Gasteiger partial charge in [-0.25, -0.2) is 0 Å². The van der Waals surface area contributed by atoms with E-state index in [2.05, 4.69) is 0 Å². The summed E-state index contributed by atoms with van der Waals surface area (Å²) < 4.78 is 0. The molecule has 0 atom stereocenters. The van der Waals surface area contributed by atoms with Gasteiger partial charge in [-0.2, -0.15) is 0 Å². The van der Waals surface area contributed by atoms with Gasteiger partial charge in [-0.05, 0) is 19.1 Å². The molecule has 1 heterocycles. The fourth-order valence-corrected chi connectivity index (χ4v) is 5.24. The van der Waals surface area contributed by atoms with E-state index >= 15 is 0 Å². The van der Waals surface area contributed by atoms with Gasteiger partial charge in [0.15, 0.2) is 0 Å². The first-order chi connectivity index (χ1) is 10.1. The van der Waals surface area contributed by atoms with Gasteiger partial charge in [-0.15, -0.1) is 23.5 Å². The average Bonchev–Trinajstić information content (AvgIpc) is 2.70. The van der Waals surface area contributed by atoms with Crippen molar-refractivity contribution < 1.29 is 9.59 Å². The van der Waals surface area contributed by atoms with Crippen molar-refractivity contribution in [3.63, 3.8) is 0 Å². The van der Waals surface area contributed by atoms with E-state index < -0.39 is 0 Å². The highest BCUT2D eigenvalue weighted by atomic mass is 32.2. The molecular formula is C16H25NO2S2. The minimum atomic E-state index is -0.130. The lowest BCUT2D eigenvalue weighted by atomic mass is 10.0. The number of carbonyl (C=O) groups excluding carboxylic acids is 2. The Morgan fingerprint density at radius 2 is 1.33 bits per heavy atom. The number of nitrogens with zero attached hydrogens (tertiary/aromatic N) is 1. The van der Waals surface area contributed by atoms with Gasteiger partial charge in [0.1, 0.15) is 0 Å². The second kappa shape index (κ2) is 8.28. The van der Waals surface area contributed by atoms with Crippen LogP contribution in [0.1, 0.15) is 57.8 Å². The van der Waals surface area contributed by atoms with Crippen LogP contribution < -0.4 is 0 Å². The maximum atomic E-state index is 12.2. The summed E-state index contributed by atoms with van der Waals surface area (Å²) in [5.41, 5.74) is 0. The van der Waals surface area contributed by atoms with E-state index in [1.54, 1.807) is 18.8 Å². The van der Waals surface area contributed by atoms with Crippen molar-refractivity contribution >= 4 is 35.3 Å². The molecule has 0 aromatic rings. The summed E-state index contributed by atoms with van der Waals surface area (Å²) in [6, 6.07) is 0. The molecular weight excluding hydrogens is 302 g/mol. The van der Waals surface area contributed by atoms with Crippen molar-refractivity contribution in [2.45, 2.75) is 63.0 Å². The lowest BCUT2D eigenvalue weighted by Gasteiger charge is -2.18. The summed E-state index contributed by atoms with van der Waals surface area (Å²) in [5.74, 6) is -0.235. The average molecular weight is 328 g/mol. The Kier molecular flexibility index (Phi) is 6.68. The van der Waals surface area contributed by atoms with E-state index in [4.69, 9.17) is 0 Å². The van der Waals surface area contributed by atoms with E-state index in [1.807, 2.05) is 6.26 Å². The second-order valence-electron chi connectivity index (χ2n) is 5.82. The van der Waals surface area contributed by atoms with Gasteiger partial charge in [0.05, 0.1) is 9.81 Å². The van der Waals surface area contributed by atoms with Crippen LogP contribution >= 0.6 is 23.5 Å². The molecule has 2 amide bonds. The Balaban J connectivity index is 2.04.